The van der Waals surface area contributed by atoms with Crippen molar-refractivity contribution in [3.8, 4) is 5.69 Å². The quantitative estimate of drug-likeness (QED) is 0.722. The second kappa shape index (κ2) is 6.54. The van der Waals surface area contributed by atoms with Crippen molar-refractivity contribution >= 4 is 0 Å². The summed E-state index contributed by atoms with van der Waals surface area (Å²) >= 11 is 0. The van der Waals surface area contributed by atoms with Gasteiger partial charge in [-0.2, -0.15) is 5.10 Å². The van der Waals surface area contributed by atoms with Gasteiger partial charge in [-0.25, -0.2) is 4.68 Å². The molecule has 3 aromatic rings. The van der Waals surface area contributed by atoms with Crippen LogP contribution in [0.3, 0.4) is 0 Å². The van der Waals surface area contributed by atoms with E-state index >= 15 is 0 Å². The summed E-state index contributed by atoms with van der Waals surface area (Å²) in [6, 6.07) is 18.6. The van der Waals surface area contributed by atoms with E-state index < -0.39 is 0 Å². The largest absolute Gasteiger partial charge is 0.292 e. The maximum Gasteiger partial charge on any atom is 0.0649 e. The van der Waals surface area contributed by atoms with E-state index in [-0.39, 0.29) is 6.04 Å². The summed E-state index contributed by atoms with van der Waals surface area (Å²) in [5, 5.41) is 4.45. The standard InChI is InChI=1S/C18H20N4/c1-15(18-10-6-7-12-19-18)21(2)14-17-11-13-20-22(17)16-8-4-3-5-9-16/h3-13,15H,14H2,1-2H3/t15-/m0/s1. The van der Waals surface area contributed by atoms with Crippen molar-refractivity contribution in [2.24, 2.45) is 0 Å². The minimum Gasteiger partial charge on any atom is -0.292 e. The summed E-state index contributed by atoms with van der Waals surface area (Å²) in [6.07, 6.45) is 3.69. The van der Waals surface area contributed by atoms with Crippen LogP contribution >= 0.6 is 0 Å². The molecular weight excluding hydrogens is 272 g/mol. The van der Waals surface area contributed by atoms with Gasteiger partial charge >= 0.3 is 0 Å². The molecular formula is C18H20N4. The normalized spacial score (nSPS) is 12.5. The highest BCUT2D eigenvalue weighted by atomic mass is 15.3. The van der Waals surface area contributed by atoms with Crippen LogP contribution in [0, 0.1) is 0 Å². The molecule has 0 aliphatic heterocycles. The molecule has 0 amide bonds. The number of para-hydroxylation sites is 1. The van der Waals surface area contributed by atoms with Gasteiger partial charge in [0.2, 0.25) is 0 Å². The number of benzene rings is 1. The first-order valence-electron chi connectivity index (χ1n) is 7.45. The Morgan fingerprint density at radius 2 is 1.77 bits per heavy atom. The number of aromatic nitrogens is 3. The third-order valence-corrected chi connectivity index (χ3v) is 3.91. The minimum absolute atomic E-state index is 0.250. The fourth-order valence-electron chi connectivity index (χ4n) is 2.49. The van der Waals surface area contributed by atoms with E-state index in [2.05, 4.69) is 53.2 Å². The van der Waals surface area contributed by atoms with Crippen LogP contribution in [0.15, 0.2) is 67.0 Å². The average molecular weight is 292 g/mol. The molecule has 4 heteroatoms. The van der Waals surface area contributed by atoms with E-state index in [1.807, 2.05) is 47.4 Å². The van der Waals surface area contributed by atoms with Crippen molar-refractivity contribution in [2.45, 2.75) is 19.5 Å². The zero-order chi connectivity index (χ0) is 15.4. The van der Waals surface area contributed by atoms with Crippen molar-refractivity contribution in [1.29, 1.82) is 0 Å². The van der Waals surface area contributed by atoms with Crippen LogP contribution in [-0.4, -0.2) is 26.7 Å². The highest BCUT2D eigenvalue weighted by molar-refractivity contribution is 5.32. The van der Waals surface area contributed by atoms with Crippen molar-refractivity contribution in [3.63, 3.8) is 0 Å². The van der Waals surface area contributed by atoms with Crippen molar-refractivity contribution in [2.75, 3.05) is 7.05 Å². The van der Waals surface area contributed by atoms with Gasteiger partial charge in [0, 0.05) is 25.0 Å². The summed E-state index contributed by atoms with van der Waals surface area (Å²) in [5.74, 6) is 0. The molecule has 0 N–H and O–H groups in total. The van der Waals surface area contributed by atoms with Gasteiger partial charge < -0.3 is 0 Å². The number of hydrogen-bond donors (Lipinski definition) is 0. The van der Waals surface area contributed by atoms with E-state index in [0.717, 1.165) is 23.6 Å². The molecule has 0 saturated carbocycles. The first-order chi connectivity index (χ1) is 10.8. The van der Waals surface area contributed by atoms with E-state index in [9.17, 15) is 0 Å². The molecule has 1 atom stereocenters. The first-order valence-corrected chi connectivity index (χ1v) is 7.45. The Morgan fingerprint density at radius 1 is 1.00 bits per heavy atom. The molecule has 4 nitrogen and oxygen atoms in total. The fraction of sp³-hybridized carbons (Fsp3) is 0.222. The molecule has 2 aromatic heterocycles. The third kappa shape index (κ3) is 3.07. The molecule has 0 spiro atoms. The Hall–Kier alpha value is -2.46. The predicted octanol–water partition coefficient (Wildman–Crippen LogP) is 3.46. The van der Waals surface area contributed by atoms with E-state index in [0.29, 0.717) is 0 Å². The maximum atomic E-state index is 4.45. The second-order valence-electron chi connectivity index (χ2n) is 5.42. The van der Waals surface area contributed by atoms with Crippen LogP contribution < -0.4 is 0 Å². The highest BCUT2D eigenvalue weighted by Gasteiger charge is 2.15. The van der Waals surface area contributed by atoms with E-state index in [1.54, 1.807) is 0 Å². The first kappa shape index (κ1) is 14.5. The van der Waals surface area contributed by atoms with Gasteiger partial charge in [-0.3, -0.25) is 9.88 Å². The van der Waals surface area contributed by atoms with Crippen molar-refractivity contribution in [1.82, 2.24) is 19.7 Å². The fourth-order valence-corrected chi connectivity index (χ4v) is 2.49. The summed E-state index contributed by atoms with van der Waals surface area (Å²) in [5.41, 5.74) is 3.33. The molecule has 2 heterocycles. The van der Waals surface area contributed by atoms with Gasteiger partial charge in [0.1, 0.15) is 0 Å². The molecule has 0 bridgehead atoms. The van der Waals surface area contributed by atoms with Gasteiger partial charge in [-0.05, 0) is 44.3 Å². The minimum atomic E-state index is 0.250. The highest BCUT2D eigenvalue weighted by Crippen LogP contribution is 2.19. The summed E-state index contributed by atoms with van der Waals surface area (Å²) in [6.45, 7) is 2.98. The molecule has 1 aromatic carbocycles. The smallest absolute Gasteiger partial charge is 0.0649 e. The number of nitrogens with zero attached hydrogens (tertiary/aromatic N) is 4. The molecule has 0 saturated heterocycles. The predicted molar refractivity (Wildman–Crippen MR) is 87.7 cm³/mol. The monoisotopic (exact) mass is 292 g/mol. The second-order valence-corrected chi connectivity index (χ2v) is 5.42. The number of pyridine rings is 1. The van der Waals surface area contributed by atoms with E-state index in [4.69, 9.17) is 0 Å². The lowest BCUT2D eigenvalue weighted by Crippen LogP contribution is -2.24. The van der Waals surface area contributed by atoms with Gasteiger partial charge in [0.15, 0.2) is 0 Å². The number of rotatable bonds is 5. The molecule has 3 rings (SSSR count). The molecule has 112 valence electrons. The molecule has 0 aliphatic rings. The zero-order valence-corrected chi connectivity index (χ0v) is 12.9. The van der Waals surface area contributed by atoms with Crippen molar-refractivity contribution < 1.29 is 0 Å². The summed E-state index contributed by atoms with van der Waals surface area (Å²) in [4.78, 5) is 6.72. The molecule has 22 heavy (non-hydrogen) atoms. The van der Waals surface area contributed by atoms with Gasteiger partial charge in [0.25, 0.3) is 0 Å². The Balaban J connectivity index is 1.78. The van der Waals surface area contributed by atoms with Crippen LogP contribution in [0.25, 0.3) is 5.69 Å². The molecule has 0 radical (unpaired) electrons. The van der Waals surface area contributed by atoms with Crippen LogP contribution in [0.1, 0.15) is 24.4 Å². The van der Waals surface area contributed by atoms with Crippen LogP contribution in [0.5, 0.6) is 0 Å². The van der Waals surface area contributed by atoms with Crippen LogP contribution in [-0.2, 0) is 6.54 Å². The average Bonchev–Trinajstić information content (AvgIpc) is 3.04. The van der Waals surface area contributed by atoms with E-state index in [1.165, 1.54) is 0 Å². The van der Waals surface area contributed by atoms with Crippen LogP contribution in [0.4, 0.5) is 0 Å². The molecule has 0 aliphatic carbocycles. The van der Waals surface area contributed by atoms with Crippen LogP contribution in [0.2, 0.25) is 0 Å². The molecule has 0 fully saturated rings. The lowest BCUT2D eigenvalue weighted by molar-refractivity contribution is 0.243. The van der Waals surface area contributed by atoms with Gasteiger partial charge in [-0.1, -0.05) is 24.3 Å². The maximum absolute atomic E-state index is 4.45. The molecule has 0 unspecified atom stereocenters. The third-order valence-electron chi connectivity index (χ3n) is 3.91. The Kier molecular flexibility index (Phi) is 4.30. The lowest BCUT2D eigenvalue weighted by atomic mass is 10.2. The lowest BCUT2D eigenvalue weighted by Gasteiger charge is -2.24. The summed E-state index contributed by atoms with van der Waals surface area (Å²) < 4.78 is 1.99. The Morgan fingerprint density at radius 3 is 2.50 bits per heavy atom. The Labute approximate surface area is 131 Å². The summed E-state index contributed by atoms with van der Waals surface area (Å²) in [7, 11) is 2.11. The topological polar surface area (TPSA) is 34.0 Å². The Bertz CT molecular complexity index is 706. The SMILES string of the molecule is C[C@@H](c1ccccn1)N(C)Cc1ccnn1-c1ccccc1. The number of hydrogen-bond acceptors (Lipinski definition) is 3. The zero-order valence-electron chi connectivity index (χ0n) is 12.9. The van der Waals surface area contributed by atoms with Gasteiger partial charge in [0.05, 0.1) is 17.1 Å². The van der Waals surface area contributed by atoms with Crippen molar-refractivity contribution in [3.05, 3.63) is 78.4 Å². The van der Waals surface area contributed by atoms with Gasteiger partial charge in [-0.15, -0.1) is 0 Å².